The van der Waals surface area contributed by atoms with E-state index >= 15 is 0 Å². The molecule has 0 radical (unpaired) electrons. The van der Waals surface area contributed by atoms with Crippen LogP contribution in [-0.2, 0) is 4.79 Å². The molecule has 2 heterocycles. The summed E-state index contributed by atoms with van der Waals surface area (Å²) in [6, 6.07) is 3.03. The van der Waals surface area contributed by atoms with E-state index in [1.54, 1.807) is 0 Å². The normalized spacial score (nSPS) is 15.2. The number of carboxylic acid groups (broad SMARTS) is 1. The summed E-state index contributed by atoms with van der Waals surface area (Å²) in [6.45, 7) is 0.984. The van der Waals surface area contributed by atoms with Crippen LogP contribution in [0.4, 0.5) is 31.8 Å². The van der Waals surface area contributed by atoms with Crippen molar-refractivity contribution in [2.24, 2.45) is 5.92 Å². The number of hydrogen-bond donors (Lipinski definition) is 3. The van der Waals surface area contributed by atoms with E-state index in [1.807, 2.05) is 4.90 Å². The maximum atomic E-state index is 13.8. The van der Waals surface area contributed by atoms with E-state index in [9.17, 15) is 13.6 Å². The van der Waals surface area contributed by atoms with Crippen LogP contribution in [0, 0.1) is 17.6 Å². The van der Waals surface area contributed by atoms with Crippen LogP contribution < -0.4 is 16.0 Å². The summed E-state index contributed by atoms with van der Waals surface area (Å²) in [5, 5.41) is 11.7. The van der Waals surface area contributed by atoms with Gasteiger partial charge in [0, 0.05) is 19.2 Å². The predicted octanol–water partition coefficient (Wildman–Crippen LogP) is 2.38. The average molecular weight is 349 g/mol. The Morgan fingerprint density at radius 2 is 2.00 bits per heavy atom. The molecule has 0 atom stereocenters. The van der Waals surface area contributed by atoms with Crippen LogP contribution in [0.25, 0.3) is 0 Å². The number of piperidine rings is 1. The standard InChI is InChI=1S/C16H17F2N5O2/c17-10-1-2-11(18)12(7-10)22-14-13(19)15(21-8-20-14)23-5-3-9(4-6-23)16(24)25/h1-2,7-9H,3-6,19H2,(H,24,25)(H,20,21,22). The van der Waals surface area contributed by atoms with Crippen molar-refractivity contribution >= 4 is 29.0 Å². The van der Waals surface area contributed by atoms with Crippen LogP contribution in [-0.4, -0.2) is 34.1 Å². The maximum absolute atomic E-state index is 13.8. The first-order valence-electron chi connectivity index (χ1n) is 7.76. The smallest absolute Gasteiger partial charge is 0.306 e. The summed E-state index contributed by atoms with van der Waals surface area (Å²) < 4.78 is 27.1. The summed E-state index contributed by atoms with van der Waals surface area (Å²) in [4.78, 5) is 21.0. The number of halogens is 2. The van der Waals surface area contributed by atoms with Crippen molar-refractivity contribution in [2.45, 2.75) is 12.8 Å². The third-order valence-corrected chi connectivity index (χ3v) is 4.19. The summed E-state index contributed by atoms with van der Waals surface area (Å²) in [7, 11) is 0. The lowest BCUT2D eigenvalue weighted by Gasteiger charge is -2.31. The van der Waals surface area contributed by atoms with Gasteiger partial charge in [0.1, 0.15) is 23.6 Å². The van der Waals surface area contributed by atoms with Gasteiger partial charge in [-0.3, -0.25) is 4.79 Å². The van der Waals surface area contributed by atoms with Crippen molar-refractivity contribution in [3.8, 4) is 0 Å². The van der Waals surface area contributed by atoms with Gasteiger partial charge in [-0.25, -0.2) is 18.7 Å². The summed E-state index contributed by atoms with van der Waals surface area (Å²) in [6.07, 6.45) is 2.24. The van der Waals surface area contributed by atoms with Gasteiger partial charge >= 0.3 is 5.97 Å². The van der Waals surface area contributed by atoms with Crippen LogP contribution in [0.15, 0.2) is 24.5 Å². The first-order chi connectivity index (χ1) is 12.0. The lowest BCUT2D eigenvalue weighted by molar-refractivity contribution is -0.142. The van der Waals surface area contributed by atoms with Crippen LogP contribution in [0.5, 0.6) is 0 Å². The monoisotopic (exact) mass is 349 g/mol. The Morgan fingerprint density at radius 1 is 1.28 bits per heavy atom. The van der Waals surface area contributed by atoms with E-state index in [0.717, 1.165) is 18.2 Å². The number of nitrogens with one attached hydrogen (secondary N) is 1. The number of nitrogen functional groups attached to an aromatic ring is 1. The molecule has 2 aromatic rings. The molecule has 1 aromatic heterocycles. The molecule has 25 heavy (non-hydrogen) atoms. The van der Waals surface area contributed by atoms with Crippen molar-refractivity contribution in [1.29, 1.82) is 0 Å². The molecule has 0 unspecified atom stereocenters. The molecule has 4 N–H and O–H groups in total. The van der Waals surface area contributed by atoms with Crippen LogP contribution in [0.2, 0.25) is 0 Å². The molecule has 0 aliphatic carbocycles. The maximum Gasteiger partial charge on any atom is 0.306 e. The third-order valence-electron chi connectivity index (χ3n) is 4.19. The molecule has 9 heteroatoms. The van der Waals surface area contributed by atoms with E-state index in [4.69, 9.17) is 10.8 Å². The molecule has 1 aliphatic rings. The average Bonchev–Trinajstić information content (AvgIpc) is 2.60. The molecule has 132 valence electrons. The van der Waals surface area contributed by atoms with Gasteiger partial charge in [-0.15, -0.1) is 0 Å². The van der Waals surface area contributed by atoms with E-state index in [-0.39, 0.29) is 23.1 Å². The molecular weight excluding hydrogens is 332 g/mol. The molecule has 0 bridgehead atoms. The molecule has 0 spiro atoms. The summed E-state index contributed by atoms with van der Waals surface area (Å²) in [5.41, 5.74) is 6.19. The SMILES string of the molecule is Nc1c(Nc2cc(F)ccc2F)ncnc1N1CCC(C(=O)O)CC1. The van der Waals surface area contributed by atoms with Gasteiger partial charge in [-0.05, 0) is 25.0 Å². The van der Waals surface area contributed by atoms with Gasteiger partial charge in [-0.1, -0.05) is 0 Å². The number of nitrogens with zero attached hydrogens (tertiary/aromatic N) is 3. The number of aromatic nitrogens is 2. The zero-order chi connectivity index (χ0) is 18.0. The van der Waals surface area contributed by atoms with E-state index in [1.165, 1.54) is 6.33 Å². The Bertz CT molecular complexity index is 794. The Hall–Kier alpha value is -2.97. The quantitative estimate of drug-likeness (QED) is 0.778. The summed E-state index contributed by atoms with van der Waals surface area (Å²) >= 11 is 0. The highest BCUT2D eigenvalue weighted by Gasteiger charge is 2.26. The van der Waals surface area contributed by atoms with E-state index < -0.39 is 17.6 Å². The van der Waals surface area contributed by atoms with Crippen LogP contribution >= 0.6 is 0 Å². The summed E-state index contributed by atoms with van der Waals surface area (Å²) in [5.74, 6) is -1.80. The second-order valence-corrected chi connectivity index (χ2v) is 5.81. The minimum Gasteiger partial charge on any atom is -0.481 e. The van der Waals surface area contributed by atoms with E-state index in [0.29, 0.717) is 31.7 Å². The second kappa shape index (κ2) is 6.88. The Kier molecular flexibility index (Phi) is 4.64. The number of carbonyl (C=O) groups is 1. The van der Waals surface area contributed by atoms with Crippen molar-refractivity contribution in [3.63, 3.8) is 0 Å². The molecule has 1 fully saturated rings. The van der Waals surface area contributed by atoms with E-state index in [2.05, 4.69) is 15.3 Å². The first kappa shape index (κ1) is 16.9. The molecule has 1 aliphatic heterocycles. The minimum absolute atomic E-state index is 0.0825. The van der Waals surface area contributed by atoms with Crippen LogP contribution in [0.1, 0.15) is 12.8 Å². The van der Waals surface area contributed by atoms with Crippen molar-refractivity contribution in [1.82, 2.24) is 9.97 Å². The fourth-order valence-electron chi connectivity index (χ4n) is 2.80. The molecular formula is C16H17F2N5O2. The van der Waals surface area contributed by atoms with Gasteiger partial charge in [0.15, 0.2) is 11.6 Å². The Balaban J connectivity index is 1.81. The Morgan fingerprint density at radius 3 is 2.68 bits per heavy atom. The zero-order valence-corrected chi connectivity index (χ0v) is 13.2. The second-order valence-electron chi connectivity index (χ2n) is 5.81. The highest BCUT2D eigenvalue weighted by molar-refractivity contribution is 5.78. The predicted molar refractivity (Wildman–Crippen MR) is 88.7 cm³/mol. The molecule has 1 aromatic carbocycles. The zero-order valence-electron chi connectivity index (χ0n) is 13.2. The molecule has 3 rings (SSSR count). The van der Waals surface area contributed by atoms with Gasteiger partial charge in [0.2, 0.25) is 0 Å². The first-order valence-corrected chi connectivity index (χ1v) is 7.76. The van der Waals surface area contributed by atoms with Crippen molar-refractivity contribution < 1.29 is 18.7 Å². The molecule has 0 amide bonds. The third kappa shape index (κ3) is 3.59. The number of nitrogens with two attached hydrogens (primary N) is 1. The fourth-order valence-corrected chi connectivity index (χ4v) is 2.80. The number of hydrogen-bond acceptors (Lipinski definition) is 6. The number of carboxylic acids is 1. The van der Waals surface area contributed by atoms with Gasteiger partial charge in [0.25, 0.3) is 0 Å². The van der Waals surface area contributed by atoms with Crippen molar-refractivity contribution in [3.05, 3.63) is 36.2 Å². The lowest BCUT2D eigenvalue weighted by atomic mass is 9.97. The van der Waals surface area contributed by atoms with Gasteiger partial charge < -0.3 is 21.1 Å². The number of anilines is 4. The highest BCUT2D eigenvalue weighted by atomic mass is 19.1. The molecule has 7 nitrogen and oxygen atoms in total. The molecule has 0 saturated carbocycles. The topological polar surface area (TPSA) is 104 Å². The highest BCUT2D eigenvalue weighted by Crippen LogP contribution is 2.31. The van der Waals surface area contributed by atoms with Gasteiger partial charge in [-0.2, -0.15) is 0 Å². The minimum atomic E-state index is -0.806. The fraction of sp³-hybridized carbons (Fsp3) is 0.312. The number of benzene rings is 1. The Labute approximate surface area is 142 Å². The number of rotatable bonds is 4. The largest absolute Gasteiger partial charge is 0.481 e. The molecule has 1 saturated heterocycles. The number of aliphatic carboxylic acids is 1. The van der Waals surface area contributed by atoms with Gasteiger partial charge in [0.05, 0.1) is 11.6 Å². The lowest BCUT2D eigenvalue weighted by Crippen LogP contribution is -2.37. The van der Waals surface area contributed by atoms with Crippen LogP contribution in [0.3, 0.4) is 0 Å². The van der Waals surface area contributed by atoms with Crippen molar-refractivity contribution in [2.75, 3.05) is 29.0 Å².